The Hall–Kier alpha value is -3.41. The molecule has 6 heteroatoms. The molecule has 0 aliphatic heterocycles. The lowest BCUT2D eigenvalue weighted by atomic mass is 10.1. The zero-order valence-electron chi connectivity index (χ0n) is 17.3. The highest BCUT2D eigenvalue weighted by Crippen LogP contribution is 2.32. The van der Waals surface area contributed by atoms with Crippen LogP contribution >= 0.6 is 0 Å². The number of nitrogens with zero attached hydrogens (tertiary/aromatic N) is 3. The monoisotopic (exact) mass is 388 g/mol. The number of carbonyl (C=O) groups is 1. The molecule has 1 N–H and O–H groups in total. The molecular formula is C23H24N4O2. The molecule has 0 radical (unpaired) electrons. The van der Waals surface area contributed by atoms with E-state index in [9.17, 15) is 4.79 Å². The van der Waals surface area contributed by atoms with Gasteiger partial charge in [-0.15, -0.1) is 0 Å². The van der Waals surface area contributed by atoms with E-state index in [4.69, 9.17) is 14.7 Å². The Morgan fingerprint density at radius 2 is 1.86 bits per heavy atom. The van der Waals surface area contributed by atoms with E-state index in [0.717, 1.165) is 39.2 Å². The molecule has 0 atom stereocenters. The van der Waals surface area contributed by atoms with Gasteiger partial charge in [-0.05, 0) is 57.2 Å². The normalized spacial score (nSPS) is 11.4. The van der Waals surface area contributed by atoms with Crippen LogP contribution in [0.2, 0.25) is 0 Å². The highest BCUT2D eigenvalue weighted by molar-refractivity contribution is 5.95. The average Bonchev–Trinajstić information content (AvgIpc) is 3.10. The van der Waals surface area contributed by atoms with E-state index in [2.05, 4.69) is 48.0 Å². The Morgan fingerprint density at radius 1 is 1.07 bits per heavy atom. The van der Waals surface area contributed by atoms with Crippen molar-refractivity contribution in [1.29, 1.82) is 0 Å². The van der Waals surface area contributed by atoms with Gasteiger partial charge in [-0.25, -0.2) is 14.8 Å². The first kappa shape index (κ1) is 18.9. The first-order chi connectivity index (χ1) is 13.9. The number of esters is 1. The molecule has 0 bridgehead atoms. The zero-order chi connectivity index (χ0) is 20.7. The number of methoxy groups -OCH3 is 1. The van der Waals surface area contributed by atoms with Crippen molar-refractivity contribution in [3.63, 3.8) is 0 Å². The van der Waals surface area contributed by atoms with Crippen molar-refractivity contribution in [2.75, 3.05) is 19.1 Å². The molecule has 0 amide bonds. The molecule has 0 aliphatic carbocycles. The lowest BCUT2D eigenvalue weighted by Gasteiger charge is -2.25. The van der Waals surface area contributed by atoms with Crippen molar-refractivity contribution in [2.45, 2.75) is 26.8 Å². The quantitative estimate of drug-likeness (QED) is 0.512. The van der Waals surface area contributed by atoms with Crippen molar-refractivity contribution >= 4 is 33.7 Å². The van der Waals surface area contributed by atoms with Crippen molar-refractivity contribution < 1.29 is 9.53 Å². The number of fused-ring (bicyclic) bond motifs is 2. The number of H-pyrrole nitrogens is 1. The van der Waals surface area contributed by atoms with Gasteiger partial charge in [0, 0.05) is 35.2 Å². The molecule has 0 unspecified atom stereocenters. The maximum Gasteiger partial charge on any atom is 0.337 e. The van der Waals surface area contributed by atoms with Gasteiger partial charge in [-0.1, -0.05) is 6.07 Å². The van der Waals surface area contributed by atoms with Gasteiger partial charge >= 0.3 is 5.97 Å². The highest BCUT2D eigenvalue weighted by Gasteiger charge is 2.18. The summed E-state index contributed by atoms with van der Waals surface area (Å²) in [5, 5.41) is 1.14. The largest absolute Gasteiger partial charge is 0.465 e. The lowest BCUT2D eigenvalue weighted by molar-refractivity contribution is 0.0601. The van der Waals surface area contributed by atoms with Gasteiger partial charge in [-0.3, -0.25) is 0 Å². The average molecular weight is 388 g/mol. The Bertz CT molecular complexity index is 1230. The molecule has 29 heavy (non-hydrogen) atoms. The van der Waals surface area contributed by atoms with Gasteiger partial charge in [0.05, 0.1) is 23.7 Å². The third kappa shape index (κ3) is 3.42. The summed E-state index contributed by atoms with van der Waals surface area (Å²) >= 11 is 0. The number of ether oxygens (including phenoxy) is 1. The van der Waals surface area contributed by atoms with E-state index >= 15 is 0 Å². The topological polar surface area (TPSA) is 71.1 Å². The van der Waals surface area contributed by atoms with Gasteiger partial charge < -0.3 is 14.6 Å². The minimum Gasteiger partial charge on any atom is -0.465 e. The first-order valence-electron chi connectivity index (χ1n) is 9.60. The smallest absolute Gasteiger partial charge is 0.337 e. The fraction of sp³-hybridized carbons (Fsp3) is 0.261. The van der Waals surface area contributed by atoms with Crippen molar-refractivity contribution in [3.8, 4) is 11.3 Å². The summed E-state index contributed by atoms with van der Waals surface area (Å²) in [5.41, 5.74) is 5.91. The number of aryl methyl sites for hydroxylation is 1. The molecular weight excluding hydrogens is 364 g/mol. The van der Waals surface area contributed by atoms with Crippen LogP contribution in [0.3, 0.4) is 0 Å². The first-order valence-corrected chi connectivity index (χ1v) is 9.60. The maximum atomic E-state index is 11.9. The van der Waals surface area contributed by atoms with Crippen LogP contribution in [-0.2, 0) is 4.74 Å². The number of rotatable bonds is 4. The number of aromatic amines is 1. The second kappa shape index (κ2) is 7.20. The Labute approximate surface area is 169 Å². The van der Waals surface area contributed by atoms with E-state index in [0.29, 0.717) is 11.1 Å². The van der Waals surface area contributed by atoms with Crippen molar-refractivity contribution in [1.82, 2.24) is 15.0 Å². The predicted octanol–water partition coefficient (Wildman–Crippen LogP) is 4.72. The van der Waals surface area contributed by atoms with Crippen LogP contribution in [0, 0.1) is 6.92 Å². The summed E-state index contributed by atoms with van der Waals surface area (Å²) in [6, 6.07) is 13.9. The molecule has 148 valence electrons. The molecule has 4 aromatic rings. The van der Waals surface area contributed by atoms with Crippen LogP contribution in [0.5, 0.6) is 0 Å². The van der Waals surface area contributed by atoms with Crippen molar-refractivity contribution in [3.05, 3.63) is 53.7 Å². The van der Waals surface area contributed by atoms with Crippen molar-refractivity contribution in [2.24, 2.45) is 0 Å². The molecule has 0 fully saturated rings. The van der Waals surface area contributed by atoms with E-state index in [1.54, 1.807) is 12.1 Å². The van der Waals surface area contributed by atoms with E-state index in [1.807, 2.05) is 20.0 Å². The molecule has 6 nitrogen and oxygen atoms in total. The zero-order valence-corrected chi connectivity index (χ0v) is 17.3. The number of hydrogen-bond donors (Lipinski definition) is 1. The summed E-state index contributed by atoms with van der Waals surface area (Å²) in [4.78, 5) is 27.2. The minimum atomic E-state index is -0.384. The standard InChI is InChI=1S/C23H24N4O2/c1-13(2)27(4)22-21(15-6-8-18-17(11-15)10-14(3)24-18)25-19-9-7-16(23(28)29-5)12-20(19)26-22/h6-13,24H,1-5H3. The maximum absolute atomic E-state index is 11.9. The summed E-state index contributed by atoms with van der Waals surface area (Å²) in [5.74, 6) is 0.394. The summed E-state index contributed by atoms with van der Waals surface area (Å²) in [7, 11) is 3.38. The van der Waals surface area contributed by atoms with E-state index < -0.39 is 0 Å². The lowest BCUT2D eigenvalue weighted by Crippen LogP contribution is -2.27. The number of aromatic nitrogens is 3. The number of hydrogen-bond acceptors (Lipinski definition) is 5. The molecule has 0 saturated heterocycles. The summed E-state index contributed by atoms with van der Waals surface area (Å²) in [6.45, 7) is 6.27. The van der Waals surface area contributed by atoms with Gasteiger partial charge in [0.2, 0.25) is 0 Å². The van der Waals surface area contributed by atoms with Crippen LogP contribution in [0.4, 0.5) is 5.82 Å². The Morgan fingerprint density at radius 3 is 2.59 bits per heavy atom. The number of carbonyl (C=O) groups excluding carboxylic acids is 1. The SMILES string of the molecule is COC(=O)c1ccc2nc(-c3ccc4[nH]c(C)cc4c3)c(N(C)C(C)C)nc2c1. The minimum absolute atomic E-state index is 0.238. The Kier molecular flexibility index (Phi) is 4.70. The molecule has 0 saturated carbocycles. The van der Waals surface area contributed by atoms with Crippen LogP contribution in [-0.4, -0.2) is 41.1 Å². The summed E-state index contributed by atoms with van der Waals surface area (Å²) in [6.07, 6.45) is 0. The highest BCUT2D eigenvalue weighted by atomic mass is 16.5. The van der Waals surface area contributed by atoms with Crippen LogP contribution < -0.4 is 4.90 Å². The second-order valence-electron chi connectivity index (χ2n) is 7.55. The third-order valence-corrected chi connectivity index (χ3v) is 5.20. The van der Waals surface area contributed by atoms with Crippen LogP contribution in [0.15, 0.2) is 42.5 Å². The van der Waals surface area contributed by atoms with E-state index in [1.165, 1.54) is 7.11 Å². The van der Waals surface area contributed by atoms with E-state index in [-0.39, 0.29) is 12.0 Å². The Balaban J connectivity index is 1.94. The second-order valence-corrected chi connectivity index (χ2v) is 7.55. The number of benzene rings is 2. The van der Waals surface area contributed by atoms with Gasteiger partial charge in [0.25, 0.3) is 0 Å². The molecule has 0 spiro atoms. The molecule has 4 rings (SSSR count). The molecule has 2 heterocycles. The number of anilines is 1. The van der Waals surface area contributed by atoms with Crippen LogP contribution in [0.25, 0.3) is 33.2 Å². The van der Waals surface area contributed by atoms with Crippen LogP contribution in [0.1, 0.15) is 29.9 Å². The van der Waals surface area contributed by atoms with Gasteiger partial charge in [-0.2, -0.15) is 0 Å². The predicted molar refractivity (Wildman–Crippen MR) is 116 cm³/mol. The van der Waals surface area contributed by atoms with Gasteiger partial charge in [0.1, 0.15) is 5.69 Å². The third-order valence-electron chi connectivity index (χ3n) is 5.20. The fourth-order valence-corrected chi connectivity index (χ4v) is 3.40. The number of nitrogens with one attached hydrogen (secondary N) is 1. The molecule has 0 aliphatic rings. The fourth-order valence-electron chi connectivity index (χ4n) is 3.40. The molecule has 2 aromatic carbocycles. The molecule has 2 aromatic heterocycles. The summed E-state index contributed by atoms with van der Waals surface area (Å²) < 4.78 is 4.84. The van der Waals surface area contributed by atoms with Gasteiger partial charge in [0.15, 0.2) is 5.82 Å².